The Hall–Kier alpha value is -1.89. The number of methoxy groups -OCH3 is 1. The fourth-order valence-corrected chi connectivity index (χ4v) is 3.55. The molecule has 0 aliphatic carbocycles. The van der Waals surface area contributed by atoms with Gasteiger partial charge in [0.05, 0.1) is 17.6 Å². The minimum absolute atomic E-state index is 0.0833. The molecule has 0 radical (unpaired) electrons. The molecule has 6 nitrogen and oxygen atoms in total. The van der Waals surface area contributed by atoms with Gasteiger partial charge in [-0.25, -0.2) is 4.79 Å². The fourth-order valence-electron chi connectivity index (χ4n) is 2.48. The highest BCUT2D eigenvalue weighted by Gasteiger charge is 2.22. The van der Waals surface area contributed by atoms with Crippen molar-refractivity contribution in [1.29, 1.82) is 0 Å². The number of rotatable bonds is 6. The Morgan fingerprint density at radius 2 is 2.00 bits per heavy atom. The van der Waals surface area contributed by atoms with E-state index in [1.807, 2.05) is 4.90 Å². The Balaban J connectivity index is 2.20. The van der Waals surface area contributed by atoms with Crippen LogP contribution in [-0.4, -0.2) is 45.3 Å². The quantitative estimate of drug-likeness (QED) is 0.745. The summed E-state index contributed by atoms with van der Waals surface area (Å²) in [4.78, 5) is 13.5. The lowest BCUT2D eigenvalue weighted by Crippen LogP contribution is -2.26. The summed E-state index contributed by atoms with van der Waals surface area (Å²) in [6.07, 6.45) is 3.70. The summed E-state index contributed by atoms with van der Waals surface area (Å²) in [5.41, 5.74) is 0.310. The largest absolute Gasteiger partial charge is 0.465 e. The van der Waals surface area contributed by atoms with Gasteiger partial charge in [-0.2, -0.15) is 8.42 Å². The van der Waals surface area contributed by atoms with Crippen LogP contribution in [0.3, 0.4) is 0 Å². The summed E-state index contributed by atoms with van der Waals surface area (Å²) in [7, 11) is -2.47. The van der Waals surface area contributed by atoms with Gasteiger partial charge in [-0.3, -0.25) is 0 Å². The number of amidine groups is 1. The molecular formula is C16H22N2O4S. The van der Waals surface area contributed by atoms with Crippen LogP contribution in [0.25, 0.3) is 0 Å². The van der Waals surface area contributed by atoms with Gasteiger partial charge < -0.3 is 9.64 Å². The molecule has 0 amide bonds. The van der Waals surface area contributed by atoms with Crippen molar-refractivity contribution in [3.8, 4) is 0 Å². The number of hydrogen-bond acceptors (Lipinski definition) is 4. The van der Waals surface area contributed by atoms with E-state index >= 15 is 0 Å². The molecule has 0 aromatic heterocycles. The molecule has 1 saturated heterocycles. The molecule has 7 heteroatoms. The highest BCUT2D eigenvalue weighted by atomic mass is 32.2. The third-order valence-electron chi connectivity index (χ3n) is 3.77. The van der Waals surface area contributed by atoms with Crippen LogP contribution in [0, 0.1) is 0 Å². The first kappa shape index (κ1) is 17.5. The van der Waals surface area contributed by atoms with E-state index < -0.39 is 16.0 Å². The maximum Gasteiger partial charge on any atom is 0.337 e. The van der Waals surface area contributed by atoms with Gasteiger partial charge in [-0.1, -0.05) is 13.3 Å². The van der Waals surface area contributed by atoms with Crippen LogP contribution in [0.4, 0.5) is 0 Å². The molecule has 0 N–H and O–H groups in total. The Bertz CT molecular complexity index is 681. The zero-order valence-corrected chi connectivity index (χ0v) is 14.3. The lowest BCUT2D eigenvalue weighted by molar-refractivity contribution is 0.0600. The number of likely N-dealkylation sites (tertiary alicyclic amines) is 1. The van der Waals surface area contributed by atoms with Crippen molar-refractivity contribution in [2.45, 2.75) is 37.5 Å². The Labute approximate surface area is 137 Å². The number of sulfonamides is 1. The molecule has 0 atom stereocenters. The molecule has 0 spiro atoms. The molecule has 1 fully saturated rings. The molecule has 1 aliphatic heterocycles. The number of carbonyl (C=O) groups excluding carboxylic acids is 1. The minimum atomic E-state index is -3.76. The van der Waals surface area contributed by atoms with Gasteiger partial charge in [0.1, 0.15) is 5.84 Å². The van der Waals surface area contributed by atoms with E-state index in [-0.39, 0.29) is 4.90 Å². The van der Waals surface area contributed by atoms with Crippen molar-refractivity contribution in [2.24, 2.45) is 4.40 Å². The average molecular weight is 338 g/mol. The summed E-state index contributed by atoms with van der Waals surface area (Å²) in [5.74, 6) is 0.136. The van der Waals surface area contributed by atoms with Gasteiger partial charge >= 0.3 is 5.97 Å². The molecule has 23 heavy (non-hydrogen) atoms. The lowest BCUT2D eigenvalue weighted by Gasteiger charge is -2.18. The predicted molar refractivity (Wildman–Crippen MR) is 88.1 cm³/mol. The van der Waals surface area contributed by atoms with Gasteiger partial charge in [0.15, 0.2) is 0 Å². The van der Waals surface area contributed by atoms with E-state index in [1.54, 1.807) is 0 Å². The summed E-state index contributed by atoms with van der Waals surface area (Å²) < 4.78 is 33.5. The van der Waals surface area contributed by atoms with Gasteiger partial charge in [-0.05, 0) is 37.1 Å². The molecule has 0 bridgehead atoms. The highest BCUT2D eigenvalue weighted by Crippen LogP contribution is 2.19. The molecule has 126 valence electrons. The standard InChI is InChI=1S/C16H22N2O4S/c1-3-4-11-18-12-5-6-15(18)17-23(20,21)14-9-7-13(8-10-14)16(19)22-2/h7-10H,3-6,11-12H2,1-2H3/b17-15-. The van der Waals surface area contributed by atoms with Crippen LogP contribution in [-0.2, 0) is 14.8 Å². The average Bonchev–Trinajstić information content (AvgIpc) is 2.98. The van der Waals surface area contributed by atoms with Crippen molar-refractivity contribution >= 4 is 21.8 Å². The third kappa shape index (κ3) is 4.31. The second-order valence-corrected chi connectivity index (χ2v) is 7.05. The zero-order valence-electron chi connectivity index (χ0n) is 13.5. The first-order valence-electron chi connectivity index (χ1n) is 7.75. The molecule has 1 aromatic rings. The highest BCUT2D eigenvalue weighted by molar-refractivity contribution is 7.90. The monoisotopic (exact) mass is 338 g/mol. The molecule has 0 saturated carbocycles. The van der Waals surface area contributed by atoms with E-state index in [4.69, 9.17) is 0 Å². The van der Waals surface area contributed by atoms with Crippen LogP contribution < -0.4 is 0 Å². The smallest absolute Gasteiger partial charge is 0.337 e. The first-order chi connectivity index (χ1) is 11.0. The second kappa shape index (κ2) is 7.59. The van der Waals surface area contributed by atoms with Crippen molar-refractivity contribution in [3.05, 3.63) is 29.8 Å². The number of carbonyl (C=O) groups is 1. The molecule has 1 aromatic carbocycles. The number of ether oxygens (including phenoxy) is 1. The number of benzene rings is 1. The van der Waals surface area contributed by atoms with Crippen LogP contribution in [0.2, 0.25) is 0 Å². The second-order valence-electron chi connectivity index (χ2n) is 5.44. The third-order valence-corrected chi connectivity index (χ3v) is 5.09. The topological polar surface area (TPSA) is 76.0 Å². The number of nitrogens with zero attached hydrogens (tertiary/aromatic N) is 2. The van der Waals surface area contributed by atoms with Gasteiger partial charge in [-0.15, -0.1) is 4.40 Å². The maximum atomic E-state index is 12.4. The molecule has 1 heterocycles. The van der Waals surface area contributed by atoms with E-state index in [2.05, 4.69) is 16.1 Å². The van der Waals surface area contributed by atoms with Gasteiger partial charge in [0.25, 0.3) is 10.0 Å². The van der Waals surface area contributed by atoms with Crippen LogP contribution >= 0.6 is 0 Å². The SMILES string of the molecule is CCCCN1CCC/C1=N/S(=O)(=O)c1ccc(C(=O)OC)cc1. The number of hydrogen-bond donors (Lipinski definition) is 0. The van der Waals surface area contributed by atoms with E-state index in [0.717, 1.165) is 32.4 Å². The van der Waals surface area contributed by atoms with Crippen LogP contribution in [0.1, 0.15) is 43.0 Å². The van der Waals surface area contributed by atoms with Gasteiger partial charge in [0.2, 0.25) is 0 Å². The normalized spacial score (nSPS) is 16.8. The predicted octanol–water partition coefficient (Wildman–Crippen LogP) is 2.46. The van der Waals surface area contributed by atoms with Crippen molar-refractivity contribution in [2.75, 3.05) is 20.2 Å². The molecule has 0 unspecified atom stereocenters. The summed E-state index contributed by atoms with van der Waals surface area (Å²) >= 11 is 0. The summed E-state index contributed by atoms with van der Waals surface area (Å²) in [5, 5.41) is 0. The Kier molecular flexibility index (Phi) is 5.76. The molecule has 2 rings (SSSR count). The van der Waals surface area contributed by atoms with Crippen molar-refractivity contribution in [1.82, 2.24) is 4.90 Å². The minimum Gasteiger partial charge on any atom is -0.465 e. The van der Waals surface area contributed by atoms with E-state index in [0.29, 0.717) is 17.8 Å². The molecule has 1 aliphatic rings. The van der Waals surface area contributed by atoms with E-state index in [1.165, 1.54) is 31.4 Å². The van der Waals surface area contributed by atoms with Crippen molar-refractivity contribution < 1.29 is 17.9 Å². The number of unbranched alkanes of at least 4 members (excludes halogenated alkanes) is 1. The van der Waals surface area contributed by atoms with E-state index in [9.17, 15) is 13.2 Å². The fraction of sp³-hybridized carbons (Fsp3) is 0.500. The van der Waals surface area contributed by atoms with Crippen LogP contribution in [0.15, 0.2) is 33.6 Å². The summed E-state index contributed by atoms with van der Waals surface area (Å²) in [6, 6.07) is 5.64. The first-order valence-corrected chi connectivity index (χ1v) is 9.19. The molecular weight excluding hydrogens is 316 g/mol. The van der Waals surface area contributed by atoms with Crippen molar-refractivity contribution in [3.63, 3.8) is 0 Å². The summed E-state index contributed by atoms with van der Waals surface area (Å²) in [6.45, 7) is 3.80. The maximum absolute atomic E-state index is 12.4. The zero-order chi connectivity index (χ0) is 16.9. The van der Waals surface area contributed by atoms with Crippen LogP contribution in [0.5, 0.6) is 0 Å². The Morgan fingerprint density at radius 3 is 2.61 bits per heavy atom. The van der Waals surface area contributed by atoms with Gasteiger partial charge in [0, 0.05) is 19.5 Å². The lowest BCUT2D eigenvalue weighted by atomic mass is 10.2. The Morgan fingerprint density at radius 1 is 1.30 bits per heavy atom. The number of esters is 1.